The zero-order chi connectivity index (χ0) is 29.3. The first-order valence-corrected chi connectivity index (χ1v) is 12.8. The van der Waals surface area contributed by atoms with Gasteiger partial charge in [0.1, 0.15) is 13.2 Å². The molecule has 0 aromatic carbocycles. The molecule has 0 spiro atoms. The molecule has 16 nitrogen and oxygen atoms in total. The average molecular weight is 573 g/mol. The lowest BCUT2D eigenvalue weighted by Gasteiger charge is -2.12. The first kappa shape index (κ1) is 32.3. The van der Waals surface area contributed by atoms with Gasteiger partial charge in [-0.3, -0.25) is 28.8 Å². The van der Waals surface area contributed by atoms with Crippen LogP contribution in [0.5, 0.6) is 0 Å². The maximum absolute atomic E-state index is 11.7. The first-order valence-electron chi connectivity index (χ1n) is 12.8. The van der Waals surface area contributed by atoms with Gasteiger partial charge in [0.25, 0.3) is 23.6 Å². The monoisotopic (exact) mass is 572 g/mol. The molecule has 2 saturated heterocycles. The fourth-order valence-corrected chi connectivity index (χ4v) is 3.26. The van der Waals surface area contributed by atoms with Gasteiger partial charge in [-0.25, -0.2) is 9.59 Å². The van der Waals surface area contributed by atoms with Gasteiger partial charge in [-0.15, -0.1) is 10.1 Å². The van der Waals surface area contributed by atoms with Crippen molar-refractivity contribution in [3.63, 3.8) is 0 Å². The number of rotatable bonds is 19. The van der Waals surface area contributed by atoms with Gasteiger partial charge in [0.2, 0.25) is 0 Å². The molecular formula is C24H32N2O14. The number of nitrogens with zero attached hydrogens (tertiary/aromatic N) is 2. The number of imide groups is 2. The van der Waals surface area contributed by atoms with Gasteiger partial charge in [-0.05, 0) is 12.8 Å². The summed E-state index contributed by atoms with van der Waals surface area (Å²) >= 11 is 0. The lowest BCUT2D eigenvalue weighted by molar-refractivity contribution is -0.197. The third-order valence-corrected chi connectivity index (χ3v) is 5.27. The van der Waals surface area contributed by atoms with E-state index in [1.807, 2.05) is 0 Å². The number of amides is 4. The Kier molecular flexibility index (Phi) is 14.2. The fraction of sp³-hybridized carbons (Fsp3) is 0.667. The summed E-state index contributed by atoms with van der Waals surface area (Å²) < 4.78 is 20.4. The van der Waals surface area contributed by atoms with E-state index >= 15 is 0 Å². The van der Waals surface area contributed by atoms with Gasteiger partial charge in [0, 0.05) is 51.4 Å². The van der Waals surface area contributed by atoms with Crippen molar-refractivity contribution in [2.45, 2.75) is 64.2 Å². The minimum absolute atomic E-state index is 0.00230. The Morgan fingerprint density at radius 2 is 0.775 bits per heavy atom. The van der Waals surface area contributed by atoms with E-state index in [4.69, 9.17) is 28.6 Å². The van der Waals surface area contributed by atoms with Crippen LogP contribution < -0.4 is 0 Å². The molecule has 16 heteroatoms. The normalized spacial score (nSPS) is 15.0. The zero-order valence-corrected chi connectivity index (χ0v) is 21.9. The molecule has 2 aliphatic heterocycles. The molecule has 222 valence electrons. The van der Waals surface area contributed by atoms with Crippen molar-refractivity contribution in [2.24, 2.45) is 0 Å². The number of hydrogen-bond donors (Lipinski definition) is 0. The minimum Gasteiger partial charge on any atom is -0.463 e. The van der Waals surface area contributed by atoms with Crippen LogP contribution in [0.25, 0.3) is 0 Å². The molecular weight excluding hydrogens is 540 g/mol. The fourth-order valence-electron chi connectivity index (χ4n) is 3.26. The molecule has 0 unspecified atom stereocenters. The molecule has 4 amide bonds. The Morgan fingerprint density at radius 3 is 1.12 bits per heavy atom. The largest absolute Gasteiger partial charge is 0.463 e. The van der Waals surface area contributed by atoms with Crippen LogP contribution in [0.1, 0.15) is 64.2 Å². The lowest BCUT2D eigenvalue weighted by atomic mass is 10.2. The summed E-state index contributed by atoms with van der Waals surface area (Å²) in [7, 11) is 0. The van der Waals surface area contributed by atoms with Crippen LogP contribution in [-0.2, 0) is 67.0 Å². The molecule has 2 aliphatic rings. The number of hydroxylamine groups is 4. The second-order valence-electron chi connectivity index (χ2n) is 8.46. The number of hydrogen-bond acceptors (Lipinski definition) is 14. The van der Waals surface area contributed by atoms with Crippen molar-refractivity contribution < 1.29 is 67.0 Å². The highest BCUT2D eigenvalue weighted by atomic mass is 16.7. The molecule has 2 rings (SSSR count). The molecule has 2 heterocycles. The third-order valence-electron chi connectivity index (χ3n) is 5.27. The van der Waals surface area contributed by atoms with Gasteiger partial charge in [0.15, 0.2) is 0 Å². The molecule has 0 aliphatic carbocycles. The standard InChI is InChI=1S/C24H32N2O14/c27-17-7-8-18(28)25(17)39-23(33)5-1-3-21(31)37-15-13-35-11-12-36-14-16-38-22(32)4-2-6-24(34)40-26-19(29)9-10-20(26)30/h1-16H2. The highest BCUT2D eigenvalue weighted by Crippen LogP contribution is 2.14. The highest BCUT2D eigenvalue weighted by molar-refractivity contribution is 6.02. The second kappa shape index (κ2) is 17.6. The molecule has 0 radical (unpaired) electrons. The quantitative estimate of drug-likeness (QED) is 0.111. The zero-order valence-electron chi connectivity index (χ0n) is 21.9. The van der Waals surface area contributed by atoms with E-state index in [9.17, 15) is 38.4 Å². The van der Waals surface area contributed by atoms with Crippen molar-refractivity contribution in [3.05, 3.63) is 0 Å². The van der Waals surface area contributed by atoms with Crippen LogP contribution in [0.2, 0.25) is 0 Å². The summed E-state index contributed by atoms with van der Waals surface area (Å²) in [6.07, 6.45) is -0.155. The first-order chi connectivity index (χ1) is 19.2. The van der Waals surface area contributed by atoms with E-state index < -0.39 is 47.5 Å². The minimum atomic E-state index is -0.788. The molecule has 0 saturated carbocycles. The molecule has 0 aromatic rings. The number of esters is 2. The van der Waals surface area contributed by atoms with Gasteiger partial charge < -0.3 is 28.6 Å². The van der Waals surface area contributed by atoms with Crippen LogP contribution in [-0.4, -0.2) is 97.3 Å². The summed E-state index contributed by atoms with van der Waals surface area (Å²) in [5.74, 6) is -4.96. The van der Waals surface area contributed by atoms with E-state index in [2.05, 4.69) is 0 Å². The Balaban J connectivity index is 1.34. The summed E-state index contributed by atoms with van der Waals surface area (Å²) in [6.45, 7) is 0.637. The smallest absolute Gasteiger partial charge is 0.333 e. The van der Waals surface area contributed by atoms with Crippen LogP contribution in [0.3, 0.4) is 0 Å². The number of ether oxygens (including phenoxy) is 4. The van der Waals surface area contributed by atoms with Crippen LogP contribution in [0.4, 0.5) is 0 Å². The van der Waals surface area contributed by atoms with Crippen molar-refractivity contribution in [1.82, 2.24) is 10.1 Å². The predicted octanol–water partition coefficient (Wildman–Crippen LogP) is -0.339. The maximum atomic E-state index is 11.7. The molecule has 0 bridgehead atoms. The predicted molar refractivity (Wildman–Crippen MR) is 126 cm³/mol. The Hall–Kier alpha value is -3.92. The van der Waals surface area contributed by atoms with Crippen molar-refractivity contribution in [1.29, 1.82) is 0 Å². The molecule has 40 heavy (non-hydrogen) atoms. The Labute approximate surface area is 229 Å². The molecule has 0 aromatic heterocycles. The van der Waals surface area contributed by atoms with Crippen LogP contribution in [0.15, 0.2) is 0 Å². The third kappa shape index (κ3) is 12.3. The molecule has 2 fully saturated rings. The lowest BCUT2D eigenvalue weighted by Crippen LogP contribution is -2.32. The average Bonchev–Trinajstić information content (AvgIpc) is 3.40. The van der Waals surface area contributed by atoms with Crippen molar-refractivity contribution in [2.75, 3.05) is 39.6 Å². The molecule has 0 atom stereocenters. The maximum Gasteiger partial charge on any atom is 0.333 e. The van der Waals surface area contributed by atoms with Crippen molar-refractivity contribution in [3.8, 4) is 0 Å². The Morgan fingerprint density at radius 1 is 0.475 bits per heavy atom. The van der Waals surface area contributed by atoms with Gasteiger partial charge in [-0.1, -0.05) is 0 Å². The van der Waals surface area contributed by atoms with E-state index in [-0.39, 0.29) is 104 Å². The van der Waals surface area contributed by atoms with Gasteiger partial charge in [0.05, 0.1) is 26.4 Å². The van der Waals surface area contributed by atoms with Crippen LogP contribution in [0, 0.1) is 0 Å². The van der Waals surface area contributed by atoms with E-state index in [1.54, 1.807) is 0 Å². The summed E-state index contributed by atoms with van der Waals surface area (Å²) in [5.41, 5.74) is 0. The van der Waals surface area contributed by atoms with Gasteiger partial charge in [-0.2, -0.15) is 0 Å². The SMILES string of the molecule is O=C(CCCC(=O)ON1C(=O)CCC1=O)OCCOCCOCCOC(=O)CCCC(=O)ON1C(=O)CCC1=O. The highest BCUT2D eigenvalue weighted by Gasteiger charge is 2.33. The van der Waals surface area contributed by atoms with E-state index in [1.165, 1.54) is 0 Å². The topological polar surface area (TPSA) is 198 Å². The summed E-state index contributed by atoms with van der Waals surface area (Å²) in [6, 6.07) is 0. The number of carbonyl (C=O) groups excluding carboxylic acids is 8. The van der Waals surface area contributed by atoms with Crippen LogP contribution >= 0.6 is 0 Å². The summed E-state index contributed by atoms with van der Waals surface area (Å²) in [5, 5.41) is 0.900. The summed E-state index contributed by atoms with van der Waals surface area (Å²) in [4.78, 5) is 102. The van der Waals surface area contributed by atoms with E-state index in [0.717, 1.165) is 0 Å². The van der Waals surface area contributed by atoms with Gasteiger partial charge >= 0.3 is 23.9 Å². The molecule has 0 N–H and O–H groups in total. The van der Waals surface area contributed by atoms with E-state index in [0.29, 0.717) is 10.1 Å². The Bertz CT molecular complexity index is 857. The second-order valence-corrected chi connectivity index (χ2v) is 8.46. The number of carbonyl (C=O) groups is 8. The van der Waals surface area contributed by atoms with Crippen molar-refractivity contribution >= 4 is 47.5 Å².